The third-order valence-corrected chi connectivity index (χ3v) is 26.1. The quantitative estimate of drug-likeness (QED) is 0.0113. The van der Waals surface area contributed by atoms with Gasteiger partial charge >= 0.3 is 11.9 Å². The Labute approximate surface area is 871 Å². The number of ether oxygens (including phenoxy) is 4. The lowest BCUT2D eigenvalue weighted by atomic mass is 10.00. The van der Waals surface area contributed by atoms with Gasteiger partial charge in [0.15, 0.2) is 16.8 Å². The average Bonchev–Trinajstić information content (AvgIpc) is 1.73. The van der Waals surface area contributed by atoms with Crippen LogP contribution < -0.4 is 75.3 Å². The Morgan fingerprint density at radius 2 is 1.19 bits per heavy atom. The van der Waals surface area contributed by atoms with Crippen molar-refractivity contribution in [2.45, 2.75) is 210 Å². The number of anilines is 1. The number of aryl methyl sites for hydroxylation is 2. The molecule has 3 aliphatic heterocycles. The molecule has 1 unspecified atom stereocenters. The maximum atomic E-state index is 15.5. The van der Waals surface area contributed by atoms with Crippen LogP contribution in [0.25, 0.3) is 10.9 Å². The van der Waals surface area contributed by atoms with Gasteiger partial charge in [0.2, 0.25) is 70.9 Å². The minimum Gasteiger partial charge on any atom is -0.477 e. The van der Waals surface area contributed by atoms with Crippen molar-refractivity contribution in [1.29, 1.82) is 5.41 Å². The summed E-state index contributed by atoms with van der Waals surface area (Å²) in [6, 6.07) is 20.4. The smallest absolute Gasteiger partial charge is 0.354 e. The fourth-order valence-electron chi connectivity index (χ4n) is 17.6. The number of thiocarbonyl (C=S) groups is 1. The van der Waals surface area contributed by atoms with Crippen LogP contribution in [0.2, 0.25) is 0 Å². The number of imidazole rings is 1. The number of likely N-dealkylation sites (tertiary alicyclic amines) is 1. The van der Waals surface area contributed by atoms with Crippen molar-refractivity contribution in [3.63, 3.8) is 0 Å². The number of primary amides is 1. The normalized spacial score (nSPS) is 19.4. The summed E-state index contributed by atoms with van der Waals surface area (Å²) in [6.45, 7) is 9.34. The SMILES string of the molecule is CCCC[C@H](NC(=O)CN1CCC(NC(=O)C(CCCCNC(=S)Nc2cc(CN3CCOCCOCCN(Cc4cccc(C(=O)O)n4)CCOCCOCC3)nc(C(=O)O)c2)NC(=O)CNC(=O)CCCc2ccc(C)cc2)CC1)C(=O)N[C@H]1CC(=O)NCCCC[C@@H](C(N)=O)N(C)C(=O)[C@H](Cc2c[nH]c3ccccc23)NC(=O)[C@H](CCCNC(=N)N)N(C)C(=O)[C@@H](Cc2ccccc2)NC(=O)[C@H](Cc2cnc[nH]2)NC1=O. The summed E-state index contributed by atoms with van der Waals surface area (Å²) >= 11 is 5.72. The number of nitrogens with two attached hydrogens (primary N) is 2. The summed E-state index contributed by atoms with van der Waals surface area (Å²) < 4.78 is 23.7. The zero-order valence-electron chi connectivity index (χ0n) is 85.2. The molecule has 10 rings (SSSR count). The predicted octanol–water partition coefficient (Wildman–Crippen LogP) is 1.87. The van der Waals surface area contributed by atoms with Crippen LogP contribution >= 0.6 is 12.2 Å². The number of H-pyrrole nitrogens is 2. The number of benzene rings is 3. The number of hydrogen-bond donors (Lipinski definition) is 19. The number of carboxylic acids is 2. The molecule has 45 nitrogen and oxygen atoms in total. The van der Waals surface area contributed by atoms with Gasteiger partial charge in [0, 0.05) is 152 Å². The van der Waals surface area contributed by atoms with Gasteiger partial charge in [-0.05, 0) is 150 Å². The first-order valence-electron chi connectivity index (χ1n) is 50.9. The molecule has 7 heterocycles. The summed E-state index contributed by atoms with van der Waals surface area (Å²) in [4.78, 5) is 226. The van der Waals surface area contributed by atoms with Crippen molar-refractivity contribution in [3.8, 4) is 0 Å². The first kappa shape index (κ1) is 117. The van der Waals surface area contributed by atoms with E-state index < -0.39 is 144 Å². The van der Waals surface area contributed by atoms with Gasteiger partial charge in [-0.2, -0.15) is 0 Å². The number of fused-ring (bicyclic) bond motifs is 1. The van der Waals surface area contributed by atoms with Gasteiger partial charge in [-0.15, -0.1) is 0 Å². The molecule has 0 radical (unpaired) electrons. The fourth-order valence-corrected chi connectivity index (χ4v) is 17.9. The Kier molecular flexibility index (Phi) is 48.9. The van der Waals surface area contributed by atoms with Crippen LogP contribution in [0.4, 0.5) is 5.69 Å². The molecule has 8 atom stereocenters. The predicted molar refractivity (Wildman–Crippen MR) is 558 cm³/mol. The van der Waals surface area contributed by atoms with Crippen molar-refractivity contribution >= 4 is 123 Å². The van der Waals surface area contributed by atoms with E-state index in [4.69, 9.17) is 48.0 Å². The number of nitrogens with one attached hydrogen (secondary N) is 15. The molecule has 149 heavy (non-hydrogen) atoms. The number of likely N-dealkylation sites (N-methyl/N-ethyl adjacent to an activating group) is 2. The summed E-state index contributed by atoms with van der Waals surface area (Å²) in [5, 5.41) is 62.9. The van der Waals surface area contributed by atoms with E-state index in [1.54, 1.807) is 54.7 Å². The van der Waals surface area contributed by atoms with Gasteiger partial charge < -0.3 is 124 Å². The summed E-state index contributed by atoms with van der Waals surface area (Å²) in [5.74, 6) is -11.4. The minimum atomic E-state index is -1.74. The fraction of sp³-hybridized carbons (Fsp3) is 0.524. The summed E-state index contributed by atoms with van der Waals surface area (Å²) in [6.07, 6.45) is 7.78. The molecule has 46 heteroatoms. The molecule has 4 aromatic heterocycles. The highest BCUT2D eigenvalue weighted by Gasteiger charge is 2.40. The first-order valence-corrected chi connectivity index (χ1v) is 51.4. The van der Waals surface area contributed by atoms with Crippen molar-refractivity contribution in [2.24, 2.45) is 11.5 Å². The van der Waals surface area contributed by atoms with E-state index in [0.717, 1.165) is 31.8 Å². The molecular formula is C103H145N25O20S. The molecule has 0 aliphatic carbocycles. The number of hydrogen-bond acceptors (Lipinski definition) is 26. The topological polar surface area (TPSA) is 623 Å². The van der Waals surface area contributed by atoms with Gasteiger partial charge in [0.05, 0.1) is 90.1 Å². The number of aromatic amines is 2. The highest BCUT2D eigenvalue weighted by atomic mass is 32.1. The Hall–Kier alpha value is -14.0. The monoisotopic (exact) mass is 2080 g/mol. The molecule has 21 N–H and O–H groups in total. The van der Waals surface area contributed by atoms with Crippen LogP contribution in [-0.4, -0.2) is 347 Å². The maximum absolute atomic E-state index is 15.5. The van der Waals surface area contributed by atoms with E-state index in [2.05, 4.69) is 93.6 Å². The summed E-state index contributed by atoms with van der Waals surface area (Å²) in [7, 11) is 2.76. The van der Waals surface area contributed by atoms with Gasteiger partial charge in [-0.25, -0.2) is 24.5 Å². The van der Waals surface area contributed by atoms with Gasteiger partial charge in [-0.1, -0.05) is 104 Å². The largest absolute Gasteiger partial charge is 0.477 e. The lowest BCUT2D eigenvalue weighted by molar-refractivity contribution is -0.145. The highest BCUT2D eigenvalue weighted by molar-refractivity contribution is 7.80. The standard InChI is InChI=1S/C103H145N25O20S/c1-5-6-24-78(94(135)121-82-59-89(130)108-37-15-13-28-86(92(104)133)124(3)99(140)84(55-70-60-111-77-25-11-10-23-76(70)77)123-97(138)87(29-18-39-109-102(105)106)125(4)98(139)83(54-69-19-8-7-9-20-69)122-95(136)81(120-96(82)137)58-74-61-107-66-113-74)119-91(132)65-126-40-35-71(36-41-126)116-93(134)79(118-90(131)62-112-88(129)30-16-21-68-33-31-67(2)32-34-68)26-12-14-38-110-103(149)117-73-56-75(115-85(57-73)101(143)144)64-128-44-48-147-52-50-145-46-42-127(43-47-146-51-53-148-49-45-128)63-72-22-17-27-80(114-72)100(141)142/h7-11,17,19-20,22-23,25,27,31-34,56-57,60-61,66,71,78-79,81-84,86-87,111H,5-6,12-16,18,21,24,26,28-30,35-55,58-59,62-65H2,1-4H3,(H2,104,133)(H,107,113)(H,108,130)(H,112,129)(H,116,134)(H,118,131)(H,119,132)(H,120,137)(H,121,135)(H,122,136)(H,123,138)(H,141,142)(H,143,144)(H4,105,106,109)(H2,110,115,117,149)/t78-,79?,81-,82-,83+,84-,86-,87-/m0/s1. The van der Waals surface area contributed by atoms with Crippen molar-refractivity contribution < 1.29 is 96.3 Å². The van der Waals surface area contributed by atoms with Crippen LogP contribution in [0.5, 0.6) is 0 Å². The molecule has 3 saturated heterocycles. The zero-order valence-corrected chi connectivity index (χ0v) is 86.0. The van der Waals surface area contributed by atoms with Gasteiger partial charge in [-0.3, -0.25) is 77.6 Å². The number of rotatable bonds is 40. The number of aromatic nitrogens is 5. The number of guanidine groups is 1. The molecular weight excluding hydrogens is 1940 g/mol. The maximum Gasteiger partial charge on any atom is 0.354 e. The lowest BCUT2D eigenvalue weighted by Gasteiger charge is -2.34. The number of unbranched alkanes of at least 4 members (excludes halogenated alkanes) is 2. The van der Waals surface area contributed by atoms with E-state index in [1.165, 1.54) is 38.8 Å². The van der Waals surface area contributed by atoms with Crippen LogP contribution in [0.15, 0.2) is 128 Å². The van der Waals surface area contributed by atoms with Crippen LogP contribution in [-0.2, 0) is 115 Å². The number of carbonyl (C=O) groups is 14. The third-order valence-electron chi connectivity index (χ3n) is 25.9. The average molecular weight is 2090 g/mol. The molecule has 3 aromatic carbocycles. The Bertz CT molecular complexity index is 5540. The number of pyridine rings is 2. The molecule has 3 fully saturated rings. The number of carboxylic acid groups (broad SMARTS) is 2. The molecule has 0 bridgehead atoms. The number of nitrogens with zero attached hydrogens (tertiary/aromatic N) is 8. The van der Waals surface area contributed by atoms with Crippen molar-refractivity contribution in [3.05, 3.63) is 179 Å². The Morgan fingerprint density at radius 3 is 1.85 bits per heavy atom. The molecule has 3 aliphatic rings. The zero-order chi connectivity index (χ0) is 107. The lowest BCUT2D eigenvalue weighted by Crippen LogP contribution is -2.61. The summed E-state index contributed by atoms with van der Waals surface area (Å²) in [5.41, 5.74) is 17.3. The second-order valence-electron chi connectivity index (χ2n) is 37.4. The number of piperidine rings is 1. The van der Waals surface area contributed by atoms with Gasteiger partial charge in [0.25, 0.3) is 0 Å². The van der Waals surface area contributed by atoms with Crippen LogP contribution in [0.3, 0.4) is 0 Å². The number of carbonyl (C=O) groups excluding carboxylic acids is 12. The number of amides is 12. The second kappa shape index (κ2) is 62.3. The Morgan fingerprint density at radius 1 is 0.577 bits per heavy atom. The van der Waals surface area contributed by atoms with E-state index in [1.807, 2.05) is 72.2 Å². The Balaban J connectivity index is 0.774. The van der Waals surface area contributed by atoms with Crippen LogP contribution in [0.1, 0.15) is 170 Å². The molecule has 0 saturated carbocycles. The van der Waals surface area contributed by atoms with Crippen molar-refractivity contribution in [2.75, 3.05) is 144 Å². The first-order chi connectivity index (χ1) is 71.8. The van der Waals surface area contributed by atoms with Crippen molar-refractivity contribution in [1.82, 2.24) is 108 Å². The molecule has 0 spiro atoms. The van der Waals surface area contributed by atoms with E-state index >= 15 is 24.0 Å². The van der Waals surface area contributed by atoms with Crippen LogP contribution in [0, 0.1) is 12.3 Å². The molecule has 12 amide bonds. The number of para-hydroxylation sites is 1. The highest BCUT2D eigenvalue weighted by Crippen LogP contribution is 2.25. The second-order valence-corrected chi connectivity index (χ2v) is 37.8. The van der Waals surface area contributed by atoms with Gasteiger partial charge in [0.1, 0.15) is 54.0 Å². The van der Waals surface area contributed by atoms with E-state index in [-0.39, 0.29) is 132 Å². The third kappa shape index (κ3) is 40.9. The molecule has 7 aromatic rings. The van der Waals surface area contributed by atoms with E-state index in [9.17, 15) is 53.4 Å². The number of aromatic carboxylic acids is 2. The minimum absolute atomic E-state index is 0.00462. The molecule has 808 valence electrons. The van der Waals surface area contributed by atoms with E-state index in [0.29, 0.717) is 184 Å².